The van der Waals surface area contributed by atoms with E-state index in [1.54, 1.807) is 4.68 Å². The van der Waals surface area contributed by atoms with E-state index in [1.165, 1.54) is 0 Å². The molecule has 112 valence electrons. The van der Waals surface area contributed by atoms with Gasteiger partial charge in [-0.25, -0.2) is 4.68 Å². The van der Waals surface area contributed by atoms with Crippen LogP contribution in [-0.4, -0.2) is 9.78 Å². The molecule has 1 atom stereocenters. The number of rotatable bonds is 2. The van der Waals surface area contributed by atoms with Gasteiger partial charge < -0.3 is 10.5 Å². The third kappa shape index (κ3) is 2.09. The van der Waals surface area contributed by atoms with Crippen molar-refractivity contribution in [1.82, 2.24) is 9.78 Å². The summed E-state index contributed by atoms with van der Waals surface area (Å²) < 4.78 is 8.39. The number of aromatic nitrogens is 2. The standard InChI is InChI=1S/C16H15BrN4O/c1-3-21-16-13(9(2)20-21)14(11(8-18)15(19)22-16)10-6-4-5-7-12(10)17/h4-7,14H,3,19H2,1-2H3. The normalized spacial score (nSPS) is 16.9. The number of benzene rings is 1. The molecule has 2 aromatic rings. The number of ether oxygens (including phenoxy) is 1. The van der Waals surface area contributed by atoms with E-state index in [-0.39, 0.29) is 11.8 Å². The molecule has 0 saturated carbocycles. The summed E-state index contributed by atoms with van der Waals surface area (Å²) in [6.45, 7) is 4.59. The Bertz CT molecular complexity index is 816. The molecule has 1 aliphatic rings. The maximum Gasteiger partial charge on any atom is 0.224 e. The lowest BCUT2D eigenvalue weighted by molar-refractivity contribution is 0.350. The first kappa shape index (κ1) is 14.7. The highest BCUT2D eigenvalue weighted by Gasteiger charge is 2.36. The van der Waals surface area contributed by atoms with Crippen LogP contribution in [0.4, 0.5) is 0 Å². The van der Waals surface area contributed by atoms with Crippen LogP contribution in [0.15, 0.2) is 40.2 Å². The van der Waals surface area contributed by atoms with E-state index >= 15 is 0 Å². The number of aryl methyl sites for hydroxylation is 2. The van der Waals surface area contributed by atoms with E-state index in [9.17, 15) is 5.26 Å². The molecule has 3 rings (SSSR count). The number of nitrogens with zero attached hydrogens (tertiary/aromatic N) is 3. The van der Waals surface area contributed by atoms with Gasteiger partial charge in [0.1, 0.15) is 11.6 Å². The number of hydrogen-bond acceptors (Lipinski definition) is 4. The topological polar surface area (TPSA) is 76.9 Å². The van der Waals surface area contributed by atoms with Crippen molar-refractivity contribution in [1.29, 1.82) is 5.26 Å². The molecular weight excluding hydrogens is 344 g/mol. The minimum Gasteiger partial charge on any atom is -0.422 e. The molecule has 1 aromatic carbocycles. The van der Waals surface area contributed by atoms with Crippen molar-refractivity contribution in [2.24, 2.45) is 5.73 Å². The predicted molar refractivity (Wildman–Crippen MR) is 86.1 cm³/mol. The highest BCUT2D eigenvalue weighted by Crippen LogP contribution is 2.45. The van der Waals surface area contributed by atoms with E-state index in [1.807, 2.05) is 38.1 Å². The third-order valence-electron chi connectivity index (χ3n) is 3.81. The molecule has 2 heterocycles. The van der Waals surface area contributed by atoms with Crippen LogP contribution in [-0.2, 0) is 6.54 Å². The first-order valence-corrected chi connectivity index (χ1v) is 7.77. The largest absolute Gasteiger partial charge is 0.422 e. The maximum atomic E-state index is 9.55. The predicted octanol–water partition coefficient (Wildman–Crippen LogP) is 3.19. The zero-order valence-electron chi connectivity index (χ0n) is 12.3. The van der Waals surface area contributed by atoms with Crippen molar-refractivity contribution in [2.45, 2.75) is 26.3 Å². The molecule has 0 amide bonds. The Morgan fingerprint density at radius 1 is 1.45 bits per heavy atom. The molecular formula is C16H15BrN4O. The zero-order chi connectivity index (χ0) is 15.9. The average molecular weight is 359 g/mol. The van der Waals surface area contributed by atoms with Crippen molar-refractivity contribution in [2.75, 3.05) is 0 Å². The van der Waals surface area contributed by atoms with Crippen LogP contribution in [0.3, 0.4) is 0 Å². The summed E-state index contributed by atoms with van der Waals surface area (Å²) >= 11 is 3.57. The Balaban J connectivity index is 2.30. The minimum atomic E-state index is -0.273. The van der Waals surface area contributed by atoms with Gasteiger partial charge in [0.15, 0.2) is 0 Å². The first-order chi connectivity index (χ1) is 10.6. The molecule has 1 unspecified atom stereocenters. The van der Waals surface area contributed by atoms with Crippen molar-refractivity contribution >= 4 is 15.9 Å². The highest BCUT2D eigenvalue weighted by atomic mass is 79.9. The minimum absolute atomic E-state index is 0.144. The molecule has 5 nitrogen and oxygen atoms in total. The van der Waals surface area contributed by atoms with Gasteiger partial charge in [-0.15, -0.1) is 0 Å². The summed E-state index contributed by atoms with van der Waals surface area (Å²) in [6, 6.07) is 10.0. The van der Waals surface area contributed by atoms with Gasteiger partial charge in [0.2, 0.25) is 11.8 Å². The van der Waals surface area contributed by atoms with Gasteiger partial charge in [-0.2, -0.15) is 10.4 Å². The molecule has 6 heteroatoms. The van der Waals surface area contributed by atoms with Crippen molar-refractivity contribution in [3.05, 3.63) is 57.0 Å². The Morgan fingerprint density at radius 3 is 2.82 bits per heavy atom. The highest BCUT2D eigenvalue weighted by molar-refractivity contribution is 9.10. The second-order valence-corrected chi connectivity index (χ2v) is 5.92. The summed E-state index contributed by atoms with van der Waals surface area (Å²) in [4.78, 5) is 0. The molecule has 22 heavy (non-hydrogen) atoms. The zero-order valence-corrected chi connectivity index (χ0v) is 13.9. The number of allylic oxidation sites excluding steroid dienone is 1. The van der Waals surface area contributed by atoms with Gasteiger partial charge in [0.05, 0.1) is 17.2 Å². The Hall–Kier alpha value is -2.26. The monoisotopic (exact) mass is 358 g/mol. The van der Waals surface area contributed by atoms with Crippen molar-refractivity contribution < 1.29 is 4.74 Å². The molecule has 2 N–H and O–H groups in total. The van der Waals surface area contributed by atoms with Crippen molar-refractivity contribution in [3.63, 3.8) is 0 Å². The molecule has 1 aliphatic heterocycles. The maximum absolute atomic E-state index is 9.55. The van der Waals surface area contributed by atoms with Gasteiger partial charge >= 0.3 is 0 Å². The fraction of sp³-hybridized carbons (Fsp3) is 0.250. The SMILES string of the molecule is CCn1nc(C)c2c1OC(N)=C(C#N)C2c1ccccc1Br. The van der Waals surface area contributed by atoms with Crippen LogP contribution in [0.5, 0.6) is 5.88 Å². The van der Waals surface area contributed by atoms with E-state index in [0.29, 0.717) is 18.0 Å². The van der Waals surface area contributed by atoms with E-state index < -0.39 is 0 Å². The van der Waals surface area contributed by atoms with Gasteiger partial charge in [-0.3, -0.25) is 0 Å². The third-order valence-corrected chi connectivity index (χ3v) is 4.53. The van der Waals surface area contributed by atoms with Gasteiger partial charge in [-0.1, -0.05) is 34.1 Å². The summed E-state index contributed by atoms with van der Waals surface area (Å²) in [7, 11) is 0. The Labute approximate surface area is 137 Å². The van der Waals surface area contributed by atoms with Crippen LogP contribution in [0.25, 0.3) is 0 Å². The Kier molecular flexibility index (Phi) is 3.67. The van der Waals surface area contributed by atoms with Gasteiger partial charge in [0, 0.05) is 11.0 Å². The number of halogens is 1. The molecule has 0 spiro atoms. The van der Waals surface area contributed by atoms with Crippen LogP contribution in [0, 0.1) is 18.3 Å². The molecule has 0 radical (unpaired) electrons. The number of hydrogen-bond donors (Lipinski definition) is 1. The molecule has 0 fully saturated rings. The quantitative estimate of drug-likeness (QED) is 0.893. The van der Waals surface area contributed by atoms with Crippen molar-refractivity contribution in [3.8, 4) is 11.9 Å². The van der Waals surface area contributed by atoms with Crippen LogP contribution in [0.1, 0.15) is 29.7 Å². The van der Waals surface area contributed by atoms with E-state index in [0.717, 1.165) is 21.3 Å². The molecule has 0 bridgehead atoms. The second-order valence-electron chi connectivity index (χ2n) is 5.07. The number of fused-ring (bicyclic) bond motifs is 1. The smallest absolute Gasteiger partial charge is 0.224 e. The number of nitrogens with two attached hydrogens (primary N) is 1. The van der Waals surface area contributed by atoms with E-state index in [2.05, 4.69) is 27.1 Å². The number of nitriles is 1. The molecule has 0 saturated heterocycles. The summed E-state index contributed by atoms with van der Waals surface area (Å²) in [5, 5.41) is 14.1. The average Bonchev–Trinajstić information content (AvgIpc) is 2.82. The fourth-order valence-corrected chi connectivity index (χ4v) is 3.33. The summed E-state index contributed by atoms with van der Waals surface area (Å²) in [6.07, 6.45) is 0. The van der Waals surface area contributed by atoms with Crippen LogP contribution in [0.2, 0.25) is 0 Å². The Morgan fingerprint density at radius 2 is 2.18 bits per heavy atom. The van der Waals surface area contributed by atoms with Gasteiger partial charge in [-0.05, 0) is 25.5 Å². The molecule has 0 aliphatic carbocycles. The van der Waals surface area contributed by atoms with Crippen LogP contribution >= 0.6 is 15.9 Å². The molecule has 1 aromatic heterocycles. The first-order valence-electron chi connectivity index (χ1n) is 6.97. The summed E-state index contributed by atoms with van der Waals surface area (Å²) in [5.74, 6) is 0.493. The second kappa shape index (κ2) is 5.50. The fourth-order valence-electron chi connectivity index (χ4n) is 2.81. The van der Waals surface area contributed by atoms with Gasteiger partial charge in [0.25, 0.3) is 0 Å². The lowest BCUT2D eigenvalue weighted by Crippen LogP contribution is -2.22. The lowest BCUT2D eigenvalue weighted by Gasteiger charge is -2.25. The lowest BCUT2D eigenvalue weighted by atomic mass is 9.84. The van der Waals surface area contributed by atoms with Crippen LogP contribution < -0.4 is 10.5 Å². The summed E-state index contributed by atoms with van der Waals surface area (Å²) in [5.41, 5.74) is 9.13. The van der Waals surface area contributed by atoms with E-state index in [4.69, 9.17) is 10.5 Å².